The summed E-state index contributed by atoms with van der Waals surface area (Å²) >= 11 is 0. The molecule has 2 unspecified atom stereocenters. The van der Waals surface area contributed by atoms with Crippen LogP contribution >= 0.6 is 0 Å². The van der Waals surface area contributed by atoms with Crippen molar-refractivity contribution in [3.05, 3.63) is 34.9 Å². The van der Waals surface area contributed by atoms with Gasteiger partial charge in [-0.25, -0.2) is 0 Å². The second kappa shape index (κ2) is 5.85. The maximum absolute atomic E-state index is 12.5. The molecular weight excluding hydrogens is 236 g/mol. The number of nitrogens with zero attached hydrogens (tertiary/aromatic N) is 1. The lowest BCUT2D eigenvalue weighted by atomic mass is 10.00. The first-order valence-corrected chi connectivity index (χ1v) is 7.08. The van der Waals surface area contributed by atoms with Crippen molar-refractivity contribution >= 4 is 5.78 Å². The highest BCUT2D eigenvalue weighted by Gasteiger charge is 2.29. The lowest BCUT2D eigenvalue weighted by Crippen LogP contribution is -2.38. The van der Waals surface area contributed by atoms with Gasteiger partial charge in [-0.1, -0.05) is 12.1 Å². The number of Topliss-reactive ketones (excluding diaryl/α,β-unsaturated/α-hetero) is 1. The predicted molar refractivity (Wildman–Crippen MR) is 78.4 cm³/mol. The van der Waals surface area contributed by atoms with Gasteiger partial charge in [0.1, 0.15) is 0 Å². The molecule has 1 heterocycles. The van der Waals surface area contributed by atoms with Gasteiger partial charge in [-0.05, 0) is 63.4 Å². The van der Waals surface area contributed by atoms with E-state index in [1.165, 1.54) is 11.1 Å². The molecule has 104 valence electrons. The highest BCUT2D eigenvalue weighted by Crippen LogP contribution is 2.20. The van der Waals surface area contributed by atoms with E-state index in [4.69, 9.17) is 5.73 Å². The van der Waals surface area contributed by atoms with E-state index in [1.54, 1.807) is 0 Å². The van der Waals surface area contributed by atoms with Crippen molar-refractivity contribution in [2.24, 2.45) is 11.7 Å². The maximum Gasteiger partial charge on any atom is 0.179 e. The SMILES string of the molecule is Cc1ccc(C(=O)C(C)N2CCC(CN)C2)cc1C. The molecule has 0 aromatic heterocycles. The average molecular weight is 260 g/mol. The molecule has 0 spiro atoms. The van der Waals surface area contributed by atoms with Gasteiger partial charge >= 0.3 is 0 Å². The first-order chi connectivity index (χ1) is 9.02. The number of hydrogen-bond acceptors (Lipinski definition) is 3. The van der Waals surface area contributed by atoms with Crippen molar-refractivity contribution in [3.8, 4) is 0 Å². The van der Waals surface area contributed by atoms with Gasteiger partial charge in [0.15, 0.2) is 5.78 Å². The summed E-state index contributed by atoms with van der Waals surface area (Å²) in [5, 5.41) is 0. The van der Waals surface area contributed by atoms with Gasteiger partial charge in [-0.15, -0.1) is 0 Å². The number of carbonyl (C=O) groups is 1. The molecule has 0 amide bonds. The molecule has 3 nitrogen and oxygen atoms in total. The van der Waals surface area contributed by atoms with Crippen LogP contribution in [0.25, 0.3) is 0 Å². The summed E-state index contributed by atoms with van der Waals surface area (Å²) in [5.74, 6) is 0.774. The topological polar surface area (TPSA) is 46.3 Å². The highest BCUT2D eigenvalue weighted by molar-refractivity contribution is 6.00. The van der Waals surface area contributed by atoms with E-state index < -0.39 is 0 Å². The number of hydrogen-bond donors (Lipinski definition) is 1. The first kappa shape index (κ1) is 14.2. The summed E-state index contributed by atoms with van der Waals surface area (Å²) in [6.45, 7) is 8.79. The van der Waals surface area contributed by atoms with Gasteiger partial charge in [0.05, 0.1) is 6.04 Å². The van der Waals surface area contributed by atoms with Crippen LogP contribution in [0.15, 0.2) is 18.2 Å². The minimum Gasteiger partial charge on any atom is -0.330 e. The third-order valence-corrected chi connectivity index (χ3v) is 4.37. The van der Waals surface area contributed by atoms with E-state index in [-0.39, 0.29) is 11.8 Å². The summed E-state index contributed by atoms with van der Waals surface area (Å²) in [6, 6.07) is 5.93. The number of likely N-dealkylation sites (tertiary alicyclic amines) is 1. The van der Waals surface area contributed by atoms with Crippen LogP contribution in [-0.2, 0) is 0 Å². The van der Waals surface area contributed by atoms with Crippen LogP contribution in [0.2, 0.25) is 0 Å². The van der Waals surface area contributed by atoms with Crippen LogP contribution in [0.1, 0.15) is 34.8 Å². The van der Waals surface area contributed by atoms with Crippen molar-refractivity contribution < 1.29 is 4.79 Å². The second-order valence-electron chi connectivity index (χ2n) is 5.72. The zero-order valence-electron chi connectivity index (χ0n) is 12.1. The number of aryl methyl sites for hydroxylation is 2. The Labute approximate surface area is 115 Å². The monoisotopic (exact) mass is 260 g/mol. The van der Waals surface area contributed by atoms with Crippen LogP contribution in [0.3, 0.4) is 0 Å². The van der Waals surface area contributed by atoms with Gasteiger partial charge in [0.2, 0.25) is 0 Å². The molecular formula is C16H24N2O. The Bertz CT molecular complexity index is 470. The maximum atomic E-state index is 12.5. The summed E-state index contributed by atoms with van der Waals surface area (Å²) < 4.78 is 0. The van der Waals surface area contributed by atoms with E-state index in [1.807, 2.05) is 25.1 Å². The molecule has 2 atom stereocenters. The number of ketones is 1. The van der Waals surface area contributed by atoms with E-state index in [9.17, 15) is 4.79 Å². The van der Waals surface area contributed by atoms with Crippen LogP contribution in [0.4, 0.5) is 0 Å². The molecule has 1 aromatic carbocycles. The van der Waals surface area contributed by atoms with Gasteiger partial charge in [-0.3, -0.25) is 9.69 Å². The van der Waals surface area contributed by atoms with Crippen LogP contribution in [0.5, 0.6) is 0 Å². The summed E-state index contributed by atoms with van der Waals surface area (Å²) in [5.41, 5.74) is 8.94. The first-order valence-electron chi connectivity index (χ1n) is 7.08. The van der Waals surface area contributed by atoms with Crippen molar-refractivity contribution in [2.75, 3.05) is 19.6 Å². The van der Waals surface area contributed by atoms with Crippen LogP contribution in [-0.4, -0.2) is 36.4 Å². The number of rotatable bonds is 4. The Morgan fingerprint density at radius 1 is 1.42 bits per heavy atom. The largest absolute Gasteiger partial charge is 0.330 e. The second-order valence-corrected chi connectivity index (χ2v) is 5.72. The standard InChI is InChI=1S/C16H24N2O/c1-11-4-5-15(8-12(11)2)16(19)13(3)18-7-6-14(9-17)10-18/h4-5,8,13-14H,6-7,9-10,17H2,1-3H3. The Morgan fingerprint density at radius 3 is 2.74 bits per heavy atom. The number of carbonyl (C=O) groups excluding carboxylic acids is 1. The van der Waals surface area contributed by atoms with Gasteiger partial charge in [-0.2, -0.15) is 0 Å². The third kappa shape index (κ3) is 3.04. The van der Waals surface area contributed by atoms with E-state index in [0.717, 1.165) is 31.6 Å². The Morgan fingerprint density at radius 2 is 2.16 bits per heavy atom. The van der Waals surface area contributed by atoms with Crippen LogP contribution < -0.4 is 5.73 Å². The third-order valence-electron chi connectivity index (χ3n) is 4.37. The minimum atomic E-state index is -0.0429. The predicted octanol–water partition coefficient (Wildman–Crippen LogP) is 2.16. The Balaban J connectivity index is 2.08. The summed E-state index contributed by atoms with van der Waals surface area (Å²) in [6.07, 6.45) is 1.11. The molecule has 1 aromatic rings. The Hall–Kier alpha value is -1.19. The van der Waals surface area contributed by atoms with Gasteiger partial charge in [0, 0.05) is 12.1 Å². The molecule has 2 N–H and O–H groups in total. The molecule has 0 radical (unpaired) electrons. The fourth-order valence-electron chi connectivity index (χ4n) is 2.71. The van der Waals surface area contributed by atoms with E-state index >= 15 is 0 Å². The quantitative estimate of drug-likeness (QED) is 0.844. The molecule has 0 bridgehead atoms. The highest BCUT2D eigenvalue weighted by atomic mass is 16.1. The van der Waals surface area contributed by atoms with Crippen molar-refractivity contribution in [1.29, 1.82) is 0 Å². The van der Waals surface area contributed by atoms with E-state index in [2.05, 4.69) is 18.7 Å². The molecule has 1 fully saturated rings. The Kier molecular flexibility index (Phi) is 4.38. The van der Waals surface area contributed by atoms with Gasteiger partial charge < -0.3 is 5.73 Å². The van der Waals surface area contributed by atoms with Crippen LogP contribution in [0, 0.1) is 19.8 Å². The molecule has 1 aliphatic heterocycles. The molecule has 1 saturated heterocycles. The normalized spacial score (nSPS) is 21.6. The summed E-state index contributed by atoms with van der Waals surface area (Å²) in [7, 11) is 0. The smallest absolute Gasteiger partial charge is 0.179 e. The van der Waals surface area contributed by atoms with Crippen molar-refractivity contribution in [3.63, 3.8) is 0 Å². The van der Waals surface area contributed by atoms with Gasteiger partial charge in [0.25, 0.3) is 0 Å². The van der Waals surface area contributed by atoms with Crippen molar-refractivity contribution in [1.82, 2.24) is 4.90 Å². The summed E-state index contributed by atoms with van der Waals surface area (Å²) in [4.78, 5) is 14.8. The lowest BCUT2D eigenvalue weighted by molar-refractivity contribution is 0.0863. The molecule has 2 rings (SSSR count). The molecule has 0 aliphatic carbocycles. The fraction of sp³-hybridized carbons (Fsp3) is 0.562. The average Bonchev–Trinajstić information content (AvgIpc) is 2.89. The van der Waals surface area contributed by atoms with E-state index in [0.29, 0.717) is 5.92 Å². The molecule has 3 heteroatoms. The molecule has 19 heavy (non-hydrogen) atoms. The fourth-order valence-corrected chi connectivity index (χ4v) is 2.71. The molecule has 0 saturated carbocycles. The lowest BCUT2D eigenvalue weighted by Gasteiger charge is -2.23. The zero-order valence-corrected chi connectivity index (χ0v) is 12.1. The zero-order chi connectivity index (χ0) is 14.0. The molecule has 1 aliphatic rings. The van der Waals surface area contributed by atoms with Crippen molar-refractivity contribution in [2.45, 2.75) is 33.2 Å². The number of nitrogens with two attached hydrogens (primary N) is 1. The minimum absolute atomic E-state index is 0.0429. The number of benzene rings is 1.